The molecule has 1 aromatic rings. The van der Waals surface area contributed by atoms with Gasteiger partial charge in [-0.05, 0) is 32.4 Å². The molecule has 2 unspecified atom stereocenters. The van der Waals surface area contributed by atoms with E-state index in [0.29, 0.717) is 41.8 Å². The first-order valence-electron chi connectivity index (χ1n) is 7.90. The zero-order chi connectivity index (χ0) is 17.0. The van der Waals surface area contributed by atoms with Gasteiger partial charge in [0.15, 0.2) is 11.5 Å². The van der Waals surface area contributed by atoms with Crippen molar-refractivity contribution in [3.63, 3.8) is 0 Å². The first kappa shape index (κ1) is 17.9. The minimum Gasteiger partial charge on any atom is -0.493 e. The Morgan fingerprint density at radius 1 is 1.43 bits per heavy atom. The molecule has 1 fully saturated rings. The maximum absolute atomic E-state index is 12.8. The highest BCUT2D eigenvalue weighted by Crippen LogP contribution is 2.37. The van der Waals surface area contributed by atoms with Crippen molar-refractivity contribution in [2.45, 2.75) is 39.3 Å². The monoisotopic (exact) mass is 341 g/mol. The zero-order valence-electron chi connectivity index (χ0n) is 14.1. The normalized spacial score (nSPS) is 21.2. The zero-order valence-corrected chi connectivity index (χ0v) is 14.9. The Hall–Kier alpha value is -1.46. The van der Waals surface area contributed by atoms with Gasteiger partial charge in [-0.2, -0.15) is 0 Å². The summed E-state index contributed by atoms with van der Waals surface area (Å²) in [7, 11) is 1.54. The van der Waals surface area contributed by atoms with Gasteiger partial charge in [0.25, 0.3) is 5.91 Å². The number of morpholine rings is 1. The molecule has 1 aliphatic rings. The van der Waals surface area contributed by atoms with Crippen LogP contribution in [0.5, 0.6) is 11.5 Å². The van der Waals surface area contributed by atoms with Crippen LogP contribution < -0.4 is 9.47 Å². The van der Waals surface area contributed by atoms with Gasteiger partial charge in [0.1, 0.15) is 0 Å². The Labute approximate surface area is 142 Å². The molecule has 23 heavy (non-hydrogen) atoms. The minimum absolute atomic E-state index is 0.0273. The van der Waals surface area contributed by atoms with E-state index in [1.807, 2.05) is 25.7 Å². The maximum Gasteiger partial charge on any atom is 0.254 e. The van der Waals surface area contributed by atoms with Crippen LogP contribution in [0.2, 0.25) is 5.02 Å². The number of benzene rings is 1. The Balaban J connectivity index is 2.28. The summed E-state index contributed by atoms with van der Waals surface area (Å²) in [5.41, 5.74) is 0.497. The lowest BCUT2D eigenvalue weighted by molar-refractivity contribution is -0.0387. The fourth-order valence-electron chi connectivity index (χ4n) is 2.54. The van der Waals surface area contributed by atoms with E-state index < -0.39 is 0 Å². The van der Waals surface area contributed by atoms with Crippen LogP contribution in [0.1, 0.15) is 37.6 Å². The summed E-state index contributed by atoms with van der Waals surface area (Å²) in [5.74, 6) is 0.883. The summed E-state index contributed by atoms with van der Waals surface area (Å²) in [5, 5.41) is 0.384. The molecule has 0 aromatic heterocycles. The molecule has 0 bridgehead atoms. The van der Waals surface area contributed by atoms with Crippen molar-refractivity contribution < 1.29 is 19.0 Å². The third-order valence-corrected chi connectivity index (χ3v) is 4.08. The lowest BCUT2D eigenvalue weighted by atomic mass is 10.1. The van der Waals surface area contributed by atoms with Crippen LogP contribution in [0, 0.1) is 0 Å². The Bertz CT molecular complexity index is 564. The third kappa shape index (κ3) is 4.09. The summed E-state index contributed by atoms with van der Waals surface area (Å²) in [4.78, 5) is 14.6. The third-order valence-electron chi connectivity index (χ3n) is 3.80. The first-order valence-corrected chi connectivity index (χ1v) is 8.28. The van der Waals surface area contributed by atoms with Crippen LogP contribution >= 0.6 is 11.6 Å². The van der Waals surface area contributed by atoms with E-state index >= 15 is 0 Å². The number of carbonyl (C=O) groups excluding carboxylic acids is 1. The van der Waals surface area contributed by atoms with E-state index in [9.17, 15) is 4.79 Å². The second-order valence-electron chi connectivity index (χ2n) is 5.79. The van der Waals surface area contributed by atoms with Gasteiger partial charge in [0.2, 0.25) is 0 Å². The van der Waals surface area contributed by atoms with Gasteiger partial charge in [-0.1, -0.05) is 18.5 Å². The van der Waals surface area contributed by atoms with Crippen LogP contribution in [-0.2, 0) is 4.74 Å². The van der Waals surface area contributed by atoms with Crippen molar-refractivity contribution in [1.82, 2.24) is 4.90 Å². The largest absolute Gasteiger partial charge is 0.493 e. The number of carbonyl (C=O) groups is 1. The number of nitrogens with zero attached hydrogens (tertiary/aromatic N) is 1. The SMILES string of the molecule is CCCOc1c(Cl)cc(C(=O)N2CC(C)OCC2C)cc1OC. The van der Waals surface area contributed by atoms with E-state index in [1.54, 1.807) is 12.1 Å². The number of hydrogen-bond donors (Lipinski definition) is 0. The van der Waals surface area contributed by atoms with Gasteiger partial charge in [-0.25, -0.2) is 0 Å². The highest BCUT2D eigenvalue weighted by Gasteiger charge is 2.29. The average molecular weight is 342 g/mol. The van der Waals surface area contributed by atoms with Gasteiger partial charge in [-0.3, -0.25) is 4.79 Å². The van der Waals surface area contributed by atoms with Gasteiger partial charge in [0.05, 0.1) is 37.5 Å². The minimum atomic E-state index is -0.0742. The van der Waals surface area contributed by atoms with E-state index in [4.69, 9.17) is 25.8 Å². The Kier molecular flexibility index (Phi) is 6.13. The number of ether oxygens (including phenoxy) is 3. The highest BCUT2D eigenvalue weighted by molar-refractivity contribution is 6.32. The van der Waals surface area contributed by atoms with Crippen molar-refractivity contribution in [3.05, 3.63) is 22.7 Å². The van der Waals surface area contributed by atoms with E-state index in [0.717, 1.165) is 6.42 Å². The quantitative estimate of drug-likeness (QED) is 0.823. The molecule has 2 rings (SSSR count). The number of rotatable bonds is 5. The molecule has 1 saturated heterocycles. The molecule has 1 amide bonds. The van der Waals surface area contributed by atoms with Crippen molar-refractivity contribution >= 4 is 17.5 Å². The van der Waals surface area contributed by atoms with Crippen LogP contribution in [0.25, 0.3) is 0 Å². The van der Waals surface area contributed by atoms with Crippen molar-refractivity contribution in [2.24, 2.45) is 0 Å². The molecule has 0 saturated carbocycles. The van der Waals surface area contributed by atoms with Gasteiger partial charge >= 0.3 is 0 Å². The first-order chi connectivity index (χ1) is 11.0. The molecule has 5 nitrogen and oxygen atoms in total. The molecule has 1 heterocycles. The number of halogens is 1. The standard InChI is InChI=1S/C17H24ClNO4/c1-5-6-22-16-14(18)7-13(8-15(16)21-4)17(20)19-9-12(3)23-10-11(19)2/h7-8,11-12H,5-6,9-10H2,1-4H3. The molecular formula is C17H24ClNO4. The molecule has 1 aromatic carbocycles. The topological polar surface area (TPSA) is 48.0 Å². The lowest BCUT2D eigenvalue weighted by Crippen LogP contribution is -2.50. The Morgan fingerprint density at radius 2 is 2.17 bits per heavy atom. The number of methoxy groups -OCH3 is 1. The van der Waals surface area contributed by atoms with Crippen molar-refractivity contribution in [3.8, 4) is 11.5 Å². The average Bonchev–Trinajstić information content (AvgIpc) is 2.54. The molecule has 0 aliphatic carbocycles. The fraction of sp³-hybridized carbons (Fsp3) is 0.588. The summed E-state index contributed by atoms with van der Waals surface area (Å²) in [6.45, 7) is 7.59. The molecule has 2 atom stereocenters. The number of amides is 1. The van der Waals surface area contributed by atoms with Crippen LogP contribution in [-0.4, -0.2) is 49.8 Å². The summed E-state index contributed by atoms with van der Waals surface area (Å²) < 4.78 is 16.5. The van der Waals surface area contributed by atoms with Crippen LogP contribution in [0.15, 0.2) is 12.1 Å². The molecule has 128 valence electrons. The predicted molar refractivity (Wildman–Crippen MR) is 89.7 cm³/mol. The maximum atomic E-state index is 12.8. The smallest absolute Gasteiger partial charge is 0.254 e. The predicted octanol–water partition coefficient (Wildman–Crippen LogP) is 3.39. The van der Waals surface area contributed by atoms with E-state index in [-0.39, 0.29) is 18.1 Å². The molecular weight excluding hydrogens is 318 g/mol. The van der Waals surface area contributed by atoms with Gasteiger partial charge in [0, 0.05) is 12.1 Å². The number of hydrogen-bond acceptors (Lipinski definition) is 4. The van der Waals surface area contributed by atoms with Crippen LogP contribution in [0.4, 0.5) is 0 Å². The molecule has 0 radical (unpaired) electrons. The van der Waals surface area contributed by atoms with E-state index in [2.05, 4.69) is 0 Å². The summed E-state index contributed by atoms with van der Waals surface area (Å²) in [6, 6.07) is 3.36. The Morgan fingerprint density at radius 3 is 2.83 bits per heavy atom. The summed E-state index contributed by atoms with van der Waals surface area (Å²) >= 11 is 6.30. The highest BCUT2D eigenvalue weighted by atomic mass is 35.5. The van der Waals surface area contributed by atoms with Crippen molar-refractivity contribution in [1.29, 1.82) is 0 Å². The molecule has 0 N–H and O–H groups in total. The second-order valence-corrected chi connectivity index (χ2v) is 6.20. The molecule has 0 spiro atoms. The fourth-order valence-corrected chi connectivity index (χ4v) is 2.80. The summed E-state index contributed by atoms with van der Waals surface area (Å²) in [6.07, 6.45) is 0.892. The molecule has 6 heteroatoms. The molecule has 1 aliphatic heterocycles. The lowest BCUT2D eigenvalue weighted by Gasteiger charge is -2.37. The second kappa shape index (κ2) is 7.88. The van der Waals surface area contributed by atoms with Crippen molar-refractivity contribution in [2.75, 3.05) is 26.9 Å². The van der Waals surface area contributed by atoms with Gasteiger partial charge < -0.3 is 19.1 Å². The van der Waals surface area contributed by atoms with Crippen LogP contribution in [0.3, 0.4) is 0 Å². The van der Waals surface area contributed by atoms with E-state index in [1.165, 1.54) is 7.11 Å². The van der Waals surface area contributed by atoms with Gasteiger partial charge in [-0.15, -0.1) is 0 Å².